The van der Waals surface area contributed by atoms with E-state index < -0.39 is 10.0 Å². The van der Waals surface area contributed by atoms with Gasteiger partial charge in [0.25, 0.3) is 0 Å². The molecule has 0 fully saturated rings. The van der Waals surface area contributed by atoms with Gasteiger partial charge in [-0.15, -0.1) is 0 Å². The van der Waals surface area contributed by atoms with Gasteiger partial charge in [0.05, 0.1) is 11.9 Å². The Labute approximate surface area is 149 Å². The third-order valence-corrected chi connectivity index (χ3v) is 5.11. The Morgan fingerprint density at radius 3 is 2.16 bits per heavy atom. The van der Waals surface area contributed by atoms with E-state index in [1.54, 1.807) is 12.1 Å². The molecule has 5 nitrogen and oxygen atoms in total. The van der Waals surface area contributed by atoms with Crippen LogP contribution in [0.15, 0.2) is 42.5 Å². The Bertz CT molecular complexity index is 859. The minimum atomic E-state index is -3.46. The van der Waals surface area contributed by atoms with E-state index in [4.69, 9.17) is 0 Å². The molecule has 0 atom stereocenters. The maximum Gasteiger partial charge on any atom is 0.232 e. The van der Waals surface area contributed by atoms with Crippen molar-refractivity contribution < 1.29 is 13.2 Å². The second-order valence-corrected chi connectivity index (χ2v) is 8.19. The molecule has 25 heavy (non-hydrogen) atoms. The van der Waals surface area contributed by atoms with E-state index in [2.05, 4.69) is 5.32 Å². The molecule has 1 amide bonds. The fraction of sp³-hybridized carbons (Fsp3) is 0.316. The number of benzene rings is 2. The van der Waals surface area contributed by atoms with Gasteiger partial charge >= 0.3 is 0 Å². The van der Waals surface area contributed by atoms with Crippen LogP contribution in [0.25, 0.3) is 0 Å². The summed E-state index contributed by atoms with van der Waals surface area (Å²) in [5.41, 5.74) is 4.46. The van der Waals surface area contributed by atoms with Crippen molar-refractivity contribution in [2.75, 3.05) is 22.4 Å². The molecule has 0 saturated heterocycles. The lowest BCUT2D eigenvalue weighted by molar-refractivity contribution is -0.116. The molecule has 134 valence electrons. The van der Waals surface area contributed by atoms with Crippen LogP contribution in [0.3, 0.4) is 0 Å². The number of carbonyl (C=O) groups is 1. The number of hydrogen-bond donors (Lipinski definition) is 1. The van der Waals surface area contributed by atoms with Crippen molar-refractivity contribution in [1.29, 1.82) is 0 Å². The molecule has 2 aromatic rings. The molecular formula is C19H24N2O3S. The molecule has 0 aliphatic heterocycles. The molecule has 6 heteroatoms. The maximum absolute atomic E-state index is 12.2. The highest BCUT2D eigenvalue weighted by Gasteiger charge is 2.18. The number of nitrogens with zero attached hydrogens (tertiary/aromatic N) is 1. The van der Waals surface area contributed by atoms with Gasteiger partial charge in [0, 0.05) is 18.7 Å². The summed E-state index contributed by atoms with van der Waals surface area (Å²) in [6.07, 6.45) is 1.23. The van der Waals surface area contributed by atoms with Crippen molar-refractivity contribution >= 4 is 27.3 Å². The van der Waals surface area contributed by atoms with Crippen LogP contribution in [0.2, 0.25) is 0 Å². The molecule has 0 aliphatic rings. The Morgan fingerprint density at radius 1 is 1.00 bits per heavy atom. The zero-order valence-electron chi connectivity index (χ0n) is 15.0. The maximum atomic E-state index is 12.2. The average Bonchev–Trinajstić information content (AvgIpc) is 2.51. The number of rotatable bonds is 6. The van der Waals surface area contributed by atoms with Gasteiger partial charge in [-0.2, -0.15) is 0 Å². The summed E-state index contributed by atoms with van der Waals surface area (Å²) in [7, 11) is -3.46. The highest BCUT2D eigenvalue weighted by molar-refractivity contribution is 7.92. The van der Waals surface area contributed by atoms with E-state index in [0.29, 0.717) is 5.69 Å². The molecule has 2 aromatic carbocycles. The summed E-state index contributed by atoms with van der Waals surface area (Å²) in [5, 5.41) is 2.84. The first kappa shape index (κ1) is 19.0. The van der Waals surface area contributed by atoms with Crippen molar-refractivity contribution in [2.24, 2.45) is 0 Å². The smallest absolute Gasteiger partial charge is 0.232 e. The topological polar surface area (TPSA) is 66.5 Å². The largest absolute Gasteiger partial charge is 0.326 e. The van der Waals surface area contributed by atoms with Crippen LogP contribution in [-0.2, 0) is 14.8 Å². The van der Waals surface area contributed by atoms with Gasteiger partial charge in [0.2, 0.25) is 15.9 Å². The highest BCUT2D eigenvalue weighted by atomic mass is 32.2. The minimum absolute atomic E-state index is 0.0776. The number of anilines is 2. The first-order chi connectivity index (χ1) is 11.7. The molecular weight excluding hydrogens is 336 g/mol. The van der Waals surface area contributed by atoms with Crippen molar-refractivity contribution in [1.82, 2.24) is 0 Å². The fourth-order valence-corrected chi connectivity index (χ4v) is 3.49. The molecule has 0 spiro atoms. The van der Waals surface area contributed by atoms with Crippen LogP contribution in [-0.4, -0.2) is 27.1 Å². The summed E-state index contributed by atoms with van der Waals surface area (Å²) < 4.78 is 25.4. The molecule has 0 aliphatic carbocycles. The van der Waals surface area contributed by atoms with E-state index >= 15 is 0 Å². The van der Waals surface area contributed by atoms with Crippen molar-refractivity contribution in [2.45, 2.75) is 27.2 Å². The van der Waals surface area contributed by atoms with Crippen LogP contribution in [0.1, 0.15) is 23.1 Å². The van der Waals surface area contributed by atoms with Gasteiger partial charge in [0.15, 0.2) is 0 Å². The standard InChI is InChI=1S/C19H24N2O3S/c1-14-5-8-17(9-6-14)21(25(4,23)24)12-11-19(22)20-18-10-7-15(2)13-16(18)3/h5-10,13H,11-12H2,1-4H3,(H,20,22). The molecule has 0 radical (unpaired) electrons. The Kier molecular flexibility index (Phi) is 5.85. The van der Waals surface area contributed by atoms with E-state index in [0.717, 1.165) is 28.6 Å². The third-order valence-electron chi connectivity index (χ3n) is 3.92. The van der Waals surface area contributed by atoms with Crippen LogP contribution in [0.5, 0.6) is 0 Å². The lowest BCUT2D eigenvalue weighted by Gasteiger charge is -2.22. The lowest BCUT2D eigenvalue weighted by atomic mass is 10.1. The third kappa shape index (κ3) is 5.32. The van der Waals surface area contributed by atoms with Gasteiger partial charge in [-0.1, -0.05) is 35.4 Å². The van der Waals surface area contributed by atoms with Crippen molar-refractivity contribution in [3.63, 3.8) is 0 Å². The quantitative estimate of drug-likeness (QED) is 0.858. The molecule has 2 rings (SSSR count). The Balaban J connectivity index is 2.07. The molecule has 0 unspecified atom stereocenters. The minimum Gasteiger partial charge on any atom is -0.326 e. The van der Waals surface area contributed by atoms with Crippen LogP contribution in [0, 0.1) is 20.8 Å². The Hall–Kier alpha value is -2.34. The summed E-state index contributed by atoms with van der Waals surface area (Å²) in [4.78, 5) is 12.2. The van der Waals surface area contributed by atoms with E-state index in [1.807, 2.05) is 51.1 Å². The normalized spacial score (nSPS) is 11.2. The van der Waals surface area contributed by atoms with Crippen molar-refractivity contribution in [3.05, 3.63) is 59.2 Å². The van der Waals surface area contributed by atoms with Gasteiger partial charge in [0.1, 0.15) is 0 Å². The van der Waals surface area contributed by atoms with Gasteiger partial charge in [-0.05, 0) is 44.5 Å². The number of carbonyl (C=O) groups excluding carboxylic acids is 1. The second kappa shape index (κ2) is 7.70. The van der Waals surface area contributed by atoms with Gasteiger partial charge in [-0.3, -0.25) is 9.10 Å². The van der Waals surface area contributed by atoms with Gasteiger partial charge in [-0.25, -0.2) is 8.42 Å². The van der Waals surface area contributed by atoms with E-state index in [-0.39, 0.29) is 18.9 Å². The SMILES string of the molecule is Cc1ccc(N(CCC(=O)Nc2ccc(C)cc2C)S(C)(=O)=O)cc1. The zero-order chi connectivity index (χ0) is 18.6. The summed E-state index contributed by atoms with van der Waals surface area (Å²) in [6, 6.07) is 13.0. The van der Waals surface area contributed by atoms with Gasteiger partial charge < -0.3 is 5.32 Å². The number of sulfonamides is 1. The summed E-state index contributed by atoms with van der Waals surface area (Å²) >= 11 is 0. The average molecular weight is 360 g/mol. The zero-order valence-corrected chi connectivity index (χ0v) is 15.9. The molecule has 1 N–H and O–H groups in total. The highest BCUT2D eigenvalue weighted by Crippen LogP contribution is 2.19. The van der Waals surface area contributed by atoms with Crippen LogP contribution >= 0.6 is 0 Å². The number of nitrogens with one attached hydrogen (secondary N) is 1. The fourth-order valence-electron chi connectivity index (χ4n) is 2.57. The molecule has 0 bridgehead atoms. The molecule has 0 aromatic heterocycles. The molecule has 0 heterocycles. The predicted octanol–water partition coefficient (Wildman–Crippen LogP) is 3.41. The van der Waals surface area contributed by atoms with Crippen molar-refractivity contribution in [3.8, 4) is 0 Å². The van der Waals surface area contributed by atoms with E-state index in [9.17, 15) is 13.2 Å². The lowest BCUT2D eigenvalue weighted by Crippen LogP contribution is -2.33. The van der Waals surface area contributed by atoms with Crippen LogP contribution < -0.4 is 9.62 Å². The first-order valence-electron chi connectivity index (χ1n) is 8.08. The second-order valence-electron chi connectivity index (χ2n) is 6.29. The summed E-state index contributed by atoms with van der Waals surface area (Å²) in [5.74, 6) is -0.215. The number of hydrogen-bond acceptors (Lipinski definition) is 3. The number of aryl methyl sites for hydroxylation is 3. The predicted molar refractivity (Wildman–Crippen MR) is 103 cm³/mol. The number of amides is 1. The Morgan fingerprint density at radius 2 is 1.60 bits per heavy atom. The molecule has 0 saturated carbocycles. The summed E-state index contributed by atoms with van der Waals surface area (Å²) in [6.45, 7) is 5.95. The monoisotopic (exact) mass is 360 g/mol. The van der Waals surface area contributed by atoms with E-state index in [1.165, 1.54) is 4.31 Å². The first-order valence-corrected chi connectivity index (χ1v) is 9.93. The van der Waals surface area contributed by atoms with Crippen LogP contribution in [0.4, 0.5) is 11.4 Å².